The molecule has 3 amide bonds. The van der Waals surface area contributed by atoms with E-state index in [-0.39, 0.29) is 30.3 Å². The zero-order chi connectivity index (χ0) is 22.1. The minimum atomic E-state index is -0.401. The summed E-state index contributed by atoms with van der Waals surface area (Å²) in [6.07, 6.45) is 1.19. The number of carbonyl (C=O) groups excluding carboxylic acids is 3. The molecule has 0 aliphatic rings. The van der Waals surface area contributed by atoms with Gasteiger partial charge in [0.2, 0.25) is 11.8 Å². The Morgan fingerprint density at radius 3 is 2.13 bits per heavy atom. The summed E-state index contributed by atoms with van der Waals surface area (Å²) in [5, 5.41) is 8.19. The predicted molar refractivity (Wildman–Crippen MR) is 114 cm³/mol. The minimum Gasteiger partial charge on any atom is -0.348 e. The highest BCUT2D eigenvalue weighted by Gasteiger charge is 2.12. The molecular formula is C23H28FN3O3. The van der Waals surface area contributed by atoms with Crippen molar-refractivity contribution in [3.63, 3.8) is 0 Å². The van der Waals surface area contributed by atoms with E-state index in [0.717, 1.165) is 12.0 Å². The lowest BCUT2D eigenvalue weighted by Gasteiger charge is -2.15. The highest BCUT2D eigenvalue weighted by molar-refractivity contribution is 6.04. The zero-order valence-electron chi connectivity index (χ0n) is 17.5. The molecule has 2 rings (SSSR count). The normalized spacial score (nSPS) is 11.6. The van der Waals surface area contributed by atoms with Gasteiger partial charge in [0.1, 0.15) is 5.82 Å². The number of rotatable bonds is 9. The monoisotopic (exact) mass is 413 g/mol. The van der Waals surface area contributed by atoms with E-state index in [1.54, 1.807) is 24.3 Å². The van der Waals surface area contributed by atoms with Crippen LogP contribution >= 0.6 is 0 Å². The lowest BCUT2D eigenvalue weighted by atomic mass is 10.1. The molecule has 0 aliphatic carbocycles. The van der Waals surface area contributed by atoms with Crippen LogP contribution in [0.3, 0.4) is 0 Å². The van der Waals surface area contributed by atoms with Crippen molar-refractivity contribution in [2.24, 2.45) is 5.92 Å². The topological polar surface area (TPSA) is 87.3 Å². The fraction of sp³-hybridized carbons (Fsp3) is 0.348. The van der Waals surface area contributed by atoms with Crippen LogP contribution in [0.4, 0.5) is 10.1 Å². The Morgan fingerprint density at radius 1 is 0.900 bits per heavy atom. The van der Waals surface area contributed by atoms with E-state index in [2.05, 4.69) is 16.0 Å². The van der Waals surface area contributed by atoms with E-state index in [9.17, 15) is 18.8 Å². The number of hydrogen-bond acceptors (Lipinski definition) is 3. The SMILES string of the molecule is CC(C)CCC(=O)NCC(=O)NC(C)c1ccc(NC(=O)c2ccc(F)cc2)cc1. The van der Waals surface area contributed by atoms with Gasteiger partial charge in [-0.3, -0.25) is 14.4 Å². The summed E-state index contributed by atoms with van der Waals surface area (Å²) in [6, 6.07) is 12.1. The molecule has 0 aliphatic heterocycles. The molecule has 0 spiro atoms. The zero-order valence-corrected chi connectivity index (χ0v) is 17.5. The second-order valence-electron chi connectivity index (χ2n) is 7.58. The lowest BCUT2D eigenvalue weighted by molar-refractivity contribution is -0.126. The van der Waals surface area contributed by atoms with Crippen LogP contribution in [0.15, 0.2) is 48.5 Å². The highest BCUT2D eigenvalue weighted by atomic mass is 19.1. The molecule has 6 nitrogen and oxygen atoms in total. The second kappa shape index (κ2) is 11.1. The molecule has 0 aromatic heterocycles. The summed E-state index contributed by atoms with van der Waals surface area (Å²) >= 11 is 0. The molecule has 0 saturated heterocycles. The number of nitrogens with one attached hydrogen (secondary N) is 3. The molecule has 0 heterocycles. The molecule has 1 atom stereocenters. The summed E-state index contributed by atoms with van der Waals surface area (Å²) in [5.41, 5.74) is 1.80. The third-order valence-electron chi connectivity index (χ3n) is 4.55. The molecule has 7 heteroatoms. The van der Waals surface area contributed by atoms with Crippen molar-refractivity contribution in [2.45, 2.75) is 39.7 Å². The molecule has 0 bridgehead atoms. The smallest absolute Gasteiger partial charge is 0.255 e. The van der Waals surface area contributed by atoms with Crippen molar-refractivity contribution in [3.05, 3.63) is 65.5 Å². The van der Waals surface area contributed by atoms with Crippen molar-refractivity contribution in [1.82, 2.24) is 10.6 Å². The van der Waals surface area contributed by atoms with Crippen LogP contribution in [0.2, 0.25) is 0 Å². The van der Waals surface area contributed by atoms with Gasteiger partial charge < -0.3 is 16.0 Å². The highest BCUT2D eigenvalue weighted by Crippen LogP contribution is 2.17. The average Bonchev–Trinajstić information content (AvgIpc) is 2.71. The molecule has 1 unspecified atom stereocenters. The Bertz CT molecular complexity index is 864. The number of hydrogen-bond donors (Lipinski definition) is 3. The molecule has 30 heavy (non-hydrogen) atoms. The van der Waals surface area contributed by atoms with Gasteiger partial charge in [-0.25, -0.2) is 4.39 Å². The maximum Gasteiger partial charge on any atom is 0.255 e. The van der Waals surface area contributed by atoms with Crippen molar-refractivity contribution < 1.29 is 18.8 Å². The molecule has 0 radical (unpaired) electrons. The molecule has 3 N–H and O–H groups in total. The van der Waals surface area contributed by atoms with Crippen LogP contribution in [-0.2, 0) is 9.59 Å². The van der Waals surface area contributed by atoms with Crippen molar-refractivity contribution in [3.8, 4) is 0 Å². The molecule has 2 aromatic rings. The fourth-order valence-electron chi connectivity index (χ4n) is 2.72. The number of halogens is 1. The largest absolute Gasteiger partial charge is 0.348 e. The van der Waals surface area contributed by atoms with E-state index in [1.165, 1.54) is 24.3 Å². The van der Waals surface area contributed by atoms with E-state index in [4.69, 9.17) is 0 Å². The van der Waals surface area contributed by atoms with Crippen molar-refractivity contribution >= 4 is 23.4 Å². The van der Waals surface area contributed by atoms with Crippen LogP contribution in [0, 0.1) is 11.7 Å². The number of amides is 3. The van der Waals surface area contributed by atoms with Gasteiger partial charge >= 0.3 is 0 Å². The van der Waals surface area contributed by atoms with Gasteiger partial charge in [-0.05, 0) is 61.2 Å². The number of carbonyl (C=O) groups is 3. The van der Waals surface area contributed by atoms with E-state index in [1.807, 2.05) is 20.8 Å². The van der Waals surface area contributed by atoms with Crippen LogP contribution < -0.4 is 16.0 Å². The maximum absolute atomic E-state index is 13.0. The molecular weight excluding hydrogens is 385 g/mol. The fourth-order valence-corrected chi connectivity index (χ4v) is 2.72. The predicted octanol–water partition coefficient (Wildman–Crippen LogP) is 3.81. The number of anilines is 1. The first-order chi connectivity index (χ1) is 14.2. The maximum atomic E-state index is 13.0. The summed E-state index contributed by atoms with van der Waals surface area (Å²) in [6.45, 7) is 5.86. The second-order valence-corrected chi connectivity index (χ2v) is 7.58. The van der Waals surface area contributed by atoms with Gasteiger partial charge in [-0.15, -0.1) is 0 Å². The third-order valence-corrected chi connectivity index (χ3v) is 4.55. The van der Waals surface area contributed by atoms with Crippen LogP contribution in [0.1, 0.15) is 55.6 Å². The van der Waals surface area contributed by atoms with Gasteiger partial charge in [0.05, 0.1) is 12.6 Å². The molecule has 0 fully saturated rings. The number of benzene rings is 2. The van der Waals surface area contributed by atoms with E-state index < -0.39 is 5.82 Å². The van der Waals surface area contributed by atoms with Crippen LogP contribution in [-0.4, -0.2) is 24.3 Å². The Balaban J connectivity index is 1.82. The summed E-state index contributed by atoms with van der Waals surface area (Å²) < 4.78 is 13.0. The Kier molecular flexibility index (Phi) is 8.53. The standard InChI is InChI=1S/C23H28FN3O3/c1-15(2)4-13-21(28)25-14-22(29)26-16(3)17-7-11-20(12-8-17)27-23(30)18-5-9-19(24)10-6-18/h5-12,15-16H,4,13-14H2,1-3H3,(H,25,28)(H,26,29)(H,27,30). The lowest BCUT2D eigenvalue weighted by Crippen LogP contribution is -2.38. The van der Waals surface area contributed by atoms with E-state index in [0.29, 0.717) is 23.6 Å². The average molecular weight is 413 g/mol. The first-order valence-electron chi connectivity index (χ1n) is 9.97. The van der Waals surface area contributed by atoms with Crippen LogP contribution in [0.25, 0.3) is 0 Å². The van der Waals surface area contributed by atoms with Gasteiger partial charge in [0.15, 0.2) is 0 Å². The molecule has 0 saturated carbocycles. The minimum absolute atomic E-state index is 0.0624. The van der Waals surface area contributed by atoms with Gasteiger partial charge in [-0.1, -0.05) is 26.0 Å². The Labute approximate surface area is 176 Å². The molecule has 2 aromatic carbocycles. The summed E-state index contributed by atoms with van der Waals surface area (Å²) in [4.78, 5) is 35.9. The Hall–Kier alpha value is -3.22. The quantitative estimate of drug-likeness (QED) is 0.584. The summed E-state index contributed by atoms with van der Waals surface area (Å²) in [5.74, 6) is -0.700. The van der Waals surface area contributed by atoms with Crippen LogP contribution in [0.5, 0.6) is 0 Å². The van der Waals surface area contributed by atoms with Gasteiger partial charge in [-0.2, -0.15) is 0 Å². The van der Waals surface area contributed by atoms with Gasteiger partial charge in [0.25, 0.3) is 5.91 Å². The third kappa shape index (κ3) is 7.66. The van der Waals surface area contributed by atoms with Crippen molar-refractivity contribution in [2.75, 3.05) is 11.9 Å². The first kappa shape index (κ1) is 23.1. The van der Waals surface area contributed by atoms with Crippen molar-refractivity contribution in [1.29, 1.82) is 0 Å². The van der Waals surface area contributed by atoms with Gasteiger partial charge in [0, 0.05) is 17.7 Å². The molecule has 160 valence electrons. The summed E-state index contributed by atoms with van der Waals surface area (Å²) in [7, 11) is 0. The van der Waals surface area contributed by atoms with E-state index >= 15 is 0 Å². The Morgan fingerprint density at radius 2 is 1.53 bits per heavy atom. The first-order valence-corrected chi connectivity index (χ1v) is 9.97.